The molecule has 1 fully saturated rings. The van der Waals surface area contributed by atoms with Gasteiger partial charge < -0.3 is 9.31 Å². The number of hydrogen-bond donors (Lipinski definition) is 0. The molecule has 0 spiro atoms. The molecule has 1 aromatic carbocycles. The van der Waals surface area contributed by atoms with E-state index in [1.807, 2.05) is 39.8 Å². The second-order valence-corrected chi connectivity index (χ2v) is 5.82. The minimum absolute atomic E-state index is 0.370. The van der Waals surface area contributed by atoms with E-state index >= 15 is 0 Å². The van der Waals surface area contributed by atoms with Crippen LogP contribution < -0.4 is 10.4 Å². The minimum Gasteiger partial charge on any atom is -0.399 e. The molecule has 6 heteroatoms. The first-order valence-corrected chi connectivity index (χ1v) is 6.52. The number of carbonyl (C=O) groups is 1. The van der Waals surface area contributed by atoms with E-state index in [0.29, 0.717) is 5.75 Å². The summed E-state index contributed by atoms with van der Waals surface area (Å²) < 4.78 is 11.9. The van der Waals surface area contributed by atoms with Gasteiger partial charge in [0.2, 0.25) is 0 Å². The summed E-state index contributed by atoms with van der Waals surface area (Å²) in [7, 11) is -0.414. The fraction of sp³-hybridized carbons (Fsp3) is 0.500. The van der Waals surface area contributed by atoms with Gasteiger partial charge in [0.05, 0.1) is 11.2 Å². The SMILES string of the molecule is CC(=O)OOc1ccc(B2OC(C)(C)C(C)(C)O2)cc1. The second-order valence-electron chi connectivity index (χ2n) is 5.82. The van der Waals surface area contributed by atoms with Gasteiger partial charge in [-0.3, -0.25) is 9.78 Å². The van der Waals surface area contributed by atoms with Gasteiger partial charge in [-0.05, 0) is 45.3 Å². The number of hydrogen-bond acceptors (Lipinski definition) is 5. The summed E-state index contributed by atoms with van der Waals surface area (Å²) in [5, 5.41) is 0. The van der Waals surface area contributed by atoms with Gasteiger partial charge >= 0.3 is 13.1 Å². The maximum absolute atomic E-state index is 10.6. The first kappa shape index (κ1) is 14.9. The summed E-state index contributed by atoms with van der Waals surface area (Å²) in [5.74, 6) is -0.0551. The number of benzene rings is 1. The summed E-state index contributed by atoms with van der Waals surface area (Å²) in [6.07, 6.45) is 0. The van der Waals surface area contributed by atoms with E-state index in [1.54, 1.807) is 12.1 Å². The molecule has 0 unspecified atom stereocenters. The molecule has 2 rings (SSSR count). The van der Waals surface area contributed by atoms with Crippen molar-refractivity contribution in [2.45, 2.75) is 45.8 Å². The van der Waals surface area contributed by atoms with Crippen LogP contribution in [-0.4, -0.2) is 24.3 Å². The maximum atomic E-state index is 10.6. The van der Waals surface area contributed by atoms with E-state index in [-0.39, 0.29) is 11.2 Å². The van der Waals surface area contributed by atoms with E-state index in [4.69, 9.17) is 14.2 Å². The van der Waals surface area contributed by atoms with Crippen molar-refractivity contribution < 1.29 is 23.9 Å². The highest BCUT2D eigenvalue weighted by molar-refractivity contribution is 6.62. The first-order valence-electron chi connectivity index (χ1n) is 6.52. The zero-order valence-corrected chi connectivity index (χ0v) is 12.4. The standard InChI is InChI=1S/C14H19BO5/c1-10(16)17-18-12-8-6-11(7-9-12)15-19-13(2,3)14(4,5)20-15/h6-9H,1-5H3. The first-order chi connectivity index (χ1) is 9.21. The zero-order chi connectivity index (χ0) is 15.0. The summed E-state index contributed by atoms with van der Waals surface area (Å²) >= 11 is 0. The monoisotopic (exact) mass is 278 g/mol. The van der Waals surface area contributed by atoms with Crippen molar-refractivity contribution >= 4 is 18.6 Å². The number of rotatable bonds is 3. The van der Waals surface area contributed by atoms with E-state index in [9.17, 15) is 4.79 Å². The van der Waals surface area contributed by atoms with Crippen molar-refractivity contribution in [3.63, 3.8) is 0 Å². The fourth-order valence-corrected chi connectivity index (χ4v) is 1.77. The Morgan fingerprint density at radius 2 is 1.55 bits per heavy atom. The van der Waals surface area contributed by atoms with Gasteiger partial charge in [-0.15, -0.1) is 0 Å². The Labute approximate surface area is 119 Å². The molecule has 5 nitrogen and oxygen atoms in total. The van der Waals surface area contributed by atoms with Crippen LogP contribution in [0.4, 0.5) is 0 Å². The molecule has 0 atom stereocenters. The lowest BCUT2D eigenvalue weighted by molar-refractivity contribution is -0.210. The van der Waals surface area contributed by atoms with Crippen molar-refractivity contribution in [1.82, 2.24) is 0 Å². The van der Waals surface area contributed by atoms with Gasteiger partial charge in [-0.1, -0.05) is 12.1 Å². The van der Waals surface area contributed by atoms with Crippen LogP contribution in [0, 0.1) is 0 Å². The van der Waals surface area contributed by atoms with Crippen LogP contribution >= 0.6 is 0 Å². The minimum atomic E-state index is -0.500. The van der Waals surface area contributed by atoms with Crippen LogP contribution in [0.5, 0.6) is 5.75 Å². The highest BCUT2D eigenvalue weighted by atomic mass is 17.2. The van der Waals surface area contributed by atoms with Gasteiger partial charge in [0, 0.05) is 6.92 Å². The lowest BCUT2D eigenvalue weighted by Gasteiger charge is -2.32. The number of carbonyl (C=O) groups excluding carboxylic acids is 1. The van der Waals surface area contributed by atoms with Crippen molar-refractivity contribution in [1.29, 1.82) is 0 Å². The molecule has 0 saturated carbocycles. The van der Waals surface area contributed by atoms with Crippen molar-refractivity contribution in [3.8, 4) is 5.75 Å². The maximum Gasteiger partial charge on any atom is 0.494 e. The highest BCUT2D eigenvalue weighted by Crippen LogP contribution is 2.36. The summed E-state index contributed by atoms with van der Waals surface area (Å²) in [6.45, 7) is 9.30. The summed E-state index contributed by atoms with van der Waals surface area (Å²) in [6, 6.07) is 7.04. The smallest absolute Gasteiger partial charge is 0.399 e. The molecule has 0 aromatic heterocycles. The average Bonchev–Trinajstić information content (AvgIpc) is 2.56. The van der Waals surface area contributed by atoms with E-state index < -0.39 is 13.1 Å². The quantitative estimate of drug-likeness (QED) is 0.479. The molecule has 0 bridgehead atoms. The highest BCUT2D eigenvalue weighted by Gasteiger charge is 2.51. The van der Waals surface area contributed by atoms with Gasteiger partial charge in [0.1, 0.15) is 0 Å². The molecular weight excluding hydrogens is 259 g/mol. The Hall–Kier alpha value is -1.53. The largest absolute Gasteiger partial charge is 0.494 e. The van der Waals surface area contributed by atoms with E-state index in [2.05, 4.69) is 4.89 Å². The van der Waals surface area contributed by atoms with Crippen LogP contribution in [0.1, 0.15) is 34.6 Å². The lowest BCUT2D eigenvalue weighted by atomic mass is 9.79. The third-order valence-electron chi connectivity index (χ3n) is 3.66. The summed E-state index contributed by atoms with van der Waals surface area (Å²) in [5.41, 5.74) is 0.147. The van der Waals surface area contributed by atoms with Crippen molar-refractivity contribution in [3.05, 3.63) is 24.3 Å². The molecule has 1 heterocycles. The molecule has 108 valence electrons. The zero-order valence-electron chi connectivity index (χ0n) is 12.4. The van der Waals surface area contributed by atoms with Gasteiger partial charge in [0.25, 0.3) is 0 Å². The lowest BCUT2D eigenvalue weighted by Crippen LogP contribution is -2.41. The Balaban J connectivity index is 2.06. The molecule has 1 aliphatic heterocycles. The molecule has 0 amide bonds. The van der Waals surface area contributed by atoms with Crippen molar-refractivity contribution in [2.24, 2.45) is 0 Å². The molecule has 1 aliphatic rings. The molecule has 1 saturated heterocycles. The predicted octanol–water partition coefficient (Wildman–Crippen LogP) is 1.84. The predicted molar refractivity (Wildman–Crippen MR) is 74.6 cm³/mol. The van der Waals surface area contributed by atoms with Crippen LogP contribution in [0.2, 0.25) is 0 Å². The molecular formula is C14H19BO5. The van der Waals surface area contributed by atoms with Crippen LogP contribution in [0.3, 0.4) is 0 Å². The van der Waals surface area contributed by atoms with Gasteiger partial charge in [-0.2, -0.15) is 0 Å². The third kappa shape index (κ3) is 2.97. The Morgan fingerprint density at radius 3 is 2.00 bits per heavy atom. The van der Waals surface area contributed by atoms with Gasteiger partial charge in [-0.25, -0.2) is 4.79 Å². The Bertz CT molecular complexity index is 479. The Morgan fingerprint density at radius 1 is 1.05 bits per heavy atom. The molecule has 0 N–H and O–H groups in total. The van der Waals surface area contributed by atoms with Crippen LogP contribution in [0.15, 0.2) is 24.3 Å². The topological polar surface area (TPSA) is 54.0 Å². The fourth-order valence-electron chi connectivity index (χ4n) is 1.77. The van der Waals surface area contributed by atoms with Crippen LogP contribution in [-0.2, 0) is 19.0 Å². The van der Waals surface area contributed by atoms with E-state index in [0.717, 1.165) is 5.46 Å². The molecule has 20 heavy (non-hydrogen) atoms. The van der Waals surface area contributed by atoms with E-state index in [1.165, 1.54) is 6.92 Å². The summed E-state index contributed by atoms with van der Waals surface area (Å²) in [4.78, 5) is 19.9. The molecule has 1 aromatic rings. The van der Waals surface area contributed by atoms with Crippen molar-refractivity contribution in [2.75, 3.05) is 0 Å². The Kier molecular flexibility index (Phi) is 3.80. The van der Waals surface area contributed by atoms with Gasteiger partial charge in [0.15, 0.2) is 5.75 Å². The molecule has 0 aliphatic carbocycles. The normalized spacial score (nSPS) is 19.8. The van der Waals surface area contributed by atoms with Crippen LogP contribution in [0.25, 0.3) is 0 Å². The molecule has 0 radical (unpaired) electrons. The third-order valence-corrected chi connectivity index (χ3v) is 3.66. The average molecular weight is 278 g/mol. The second kappa shape index (κ2) is 5.11.